The Bertz CT molecular complexity index is 1110. The Kier molecular flexibility index (Phi) is 9.35. The predicted octanol–water partition coefficient (Wildman–Crippen LogP) is 4.90. The fourth-order valence-corrected chi connectivity index (χ4v) is 3.56. The monoisotopic (exact) mass is 480 g/mol. The molecule has 2 amide bonds. The van der Waals surface area contributed by atoms with E-state index in [1.165, 1.54) is 35.2 Å². The van der Waals surface area contributed by atoms with E-state index in [0.29, 0.717) is 5.75 Å². The number of nitrogens with one attached hydrogen (secondary N) is 1. The van der Waals surface area contributed by atoms with Crippen LogP contribution in [0.15, 0.2) is 78.9 Å². The number of hydrogen-bond donors (Lipinski definition) is 1. The van der Waals surface area contributed by atoms with Crippen LogP contribution < -0.4 is 10.1 Å². The Balaban J connectivity index is 1.91. The van der Waals surface area contributed by atoms with Crippen LogP contribution >= 0.6 is 0 Å². The van der Waals surface area contributed by atoms with Gasteiger partial charge in [0.05, 0.1) is 0 Å². The van der Waals surface area contributed by atoms with Gasteiger partial charge in [0.1, 0.15) is 23.4 Å². The number of nitrogens with zero attached hydrogens (tertiary/aromatic N) is 1. The molecule has 2 atom stereocenters. The minimum Gasteiger partial charge on any atom is -0.484 e. The predicted molar refractivity (Wildman–Crippen MR) is 131 cm³/mol. The first-order valence-corrected chi connectivity index (χ1v) is 11.6. The molecule has 0 aliphatic rings. The van der Waals surface area contributed by atoms with Crippen molar-refractivity contribution in [2.75, 3.05) is 6.61 Å². The first-order valence-electron chi connectivity index (χ1n) is 11.6. The molecule has 7 heteroatoms. The summed E-state index contributed by atoms with van der Waals surface area (Å²) in [5.41, 5.74) is 1.15. The molecule has 0 aliphatic heterocycles. The van der Waals surface area contributed by atoms with Crippen LogP contribution in [0.1, 0.15) is 31.4 Å². The minimum atomic E-state index is -0.893. The van der Waals surface area contributed by atoms with E-state index in [0.717, 1.165) is 12.0 Å². The highest BCUT2D eigenvalue weighted by Crippen LogP contribution is 2.18. The number of halogens is 2. The Morgan fingerprint density at radius 3 is 2.26 bits per heavy atom. The summed E-state index contributed by atoms with van der Waals surface area (Å²) in [6.45, 7) is 3.35. The normalized spacial score (nSPS) is 12.5. The van der Waals surface area contributed by atoms with Crippen LogP contribution in [0.25, 0.3) is 0 Å². The SMILES string of the molecule is CC[C@H](C)NC(=O)[C@H](Cc1ccccc1)N(Cc1ccccc1F)C(=O)COc1ccc(F)cc1. The summed E-state index contributed by atoms with van der Waals surface area (Å²) in [7, 11) is 0. The van der Waals surface area contributed by atoms with Crippen molar-refractivity contribution in [3.63, 3.8) is 0 Å². The lowest BCUT2D eigenvalue weighted by atomic mass is 10.0. The van der Waals surface area contributed by atoms with Gasteiger partial charge in [-0.1, -0.05) is 55.5 Å². The number of hydrogen-bond acceptors (Lipinski definition) is 3. The number of ether oxygens (including phenoxy) is 1. The van der Waals surface area contributed by atoms with Gasteiger partial charge >= 0.3 is 0 Å². The second kappa shape index (κ2) is 12.6. The van der Waals surface area contributed by atoms with Crippen molar-refractivity contribution in [3.05, 3.63) is 102 Å². The van der Waals surface area contributed by atoms with Gasteiger partial charge in [0.25, 0.3) is 5.91 Å². The molecule has 5 nitrogen and oxygen atoms in total. The fraction of sp³-hybridized carbons (Fsp3) is 0.286. The van der Waals surface area contributed by atoms with Crippen LogP contribution in [-0.4, -0.2) is 35.4 Å². The quantitative estimate of drug-likeness (QED) is 0.425. The summed E-state index contributed by atoms with van der Waals surface area (Å²) in [5, 5.41) is 2.96. The van der Waals surface area contributed by atoms with Crippen molar-refractivity contribution >= 4 is 11.8 Å². The lowest BCUT2D eigenvalue weighted by molar-refractivity contribution is -0.143. The van der Waals surface area contributed by atoms with Crippen LogP contribution in [0.5, 0.6) is 5.75 Å². The van der Waals surface area contributed by atoms with Crippen molar-refractivity contribution < 1.29 is 23.1 Å². The molecule has 0 bridgehead atoms. The zero-order chi connectivity index (χ0) is 25.2. The minimum absolute atomic E-state index is 0.0957. The van der Waals surface area contributed by atoms with Gasteiger partial charge in [-0.3, -0.25) is 9.59 Å². The third-order valence-electron chi connectivity index (χ3n) is 5.75. The van der Waals surface area contributed by atoms with E-state index in [9.17, 15) is 18.4 Å². The number of amides is 2. The number of carbonyl (C=O) groups is 2. The molecule has 0 aliphatic carbocycles. The van der Waals surface area contributed by atoms with Gasteiger partial charge in [0.2, 0.25) is 5.91 Å². The zero-order valence-electron chi connectivity index (χ0n) is 19.9. The highest BCUT2D eigenvalue weighted by molar-refractivity contribution is 5.88. The summed E-state index contributed by atoms with van der Waals surface area (Å²) >= 11 is 0. The third-order valence-corrected chi connectivity index (χ3v) is 5.75. The van der Waals surface area contributed by atoms with Gasteiger partial charge in [0, 0.05) is 24.6 Å². The smallest absolute Gasteiger partial charge is 0.261 e. The average molecular weight is 481 g/mol. The van der Waals surface area contributed by atoms with E-state index < -0.39 is 23.6 Å². The van der Waals surface area contributed by atoms with Gasteiger partial charge in [-0.25, -0.2) is 8.78 Å². The zero-order valence-corrected chi connectivity index (χ0v) is 19.9. The highest BCUT2D eigenvalue weighted by Gasteiger charge is 2.31. The van der Waals surface area contributed by atoms with Crippen molar-refractivity contribution in [1.29, 1.82) is 0 Å². The van der Waals surface area contributed by atoms with Crippen LogP contribution in [-0.2, 0) is 22.6 Å². The largest absolute Gasteiger partial charge is 0.484 e. The van der Waals surface area contributed by atoms with E-state index in [1.807, 2.05) is 44.2 Å². The first kappa shape index (κ1) is 25.9. The highest BCUT2D eigenvalue weighted by atomic mass is 19.1. The molecule has 0 saturated carbocycles. The van der Waals surface area contributed by atoms with Crippen LogP contribution in [0.4, 0.5) is 8.78 Å². The lowest BCUT2D eigenvalue weighted by Crippen LogP contribution is -2.53. The van der Waals surface area contributed by atoms with E-state index in [1.54, 1.807) is 18.2 Å². The molecular formula is C28H30F2N2O3. The molecule has 0 spiro atoms. The topological polar surface area (TPSA) is 58.6 Å². The van der Waals surface area contributed by atoms with E-state index in [-0.39, 0.29) is 37.1 Å². The molecule has 35 heavy (non-hydrogen) atoms. The van der Waals surface area contributed by atoms with Crippen LogP contribution in [0.3, 0.4) is 0 Å². The molecule has 0 unspecified atom stereocenters. The molecule has 1 N–H and O–H groups in total. The summed E-state index contributed by atoms with van der Waals surface area (Å²) < 4.78 is 33.3. The van der Waals surface area contributed by atoms with Gasteiger partial charge < -0.3 is 15.0 Å². The van der Waals surface area contributed by atoms with Crippen LogP contribution in [0, 0.1) is 11.6 Å². The maximum atomic E-state index is 14.6. The van der Waals surface area contributed by atoms with E-state index in [2.05, 4.69) is 5.32 Å². The number of carbonyl (C=O) groups excluding carboxylic acids is 2. The van der Waals surface area contributed by atoms with E-state index >= 15 is 0 Å². The lowest BCUT2D eigenvalue weighted by Gasteiger charge is -2.32. The van der Waals surface area contributed by atoms with Crippen molar-refractivity contribution in [1.82, 2.24) is 10.2 Å². The Labute approximate surface area is 204 Å². The van der Waals surface area contributed by atoms with Crippen molar-refractivity contribution in [3.8, 4) is 5.75 Å². The second-order valence-corrected chi connectivity index (χ2v) is 8.38. The fourth-order valence-electron chi connectivity index (χ4n) is 3.56. The molecule has 0 fully saturated rings. The first-order chi connectivity index (χ1) is 16.9. The Morgan fingerprint density at radius 1 is 0.943 bits per heavy atom. The van der Waals surface area contributed by atoms with Gasteiger partial charge in [-0.15, -0.1) is 0 Å². The summed E-state index contributed by atoms with van der Waals surface area (Å²) in [6, 6.07) is 19.8. The number of benzene rings is 3. The maximum absolute atomic E-state index is 14.6. The van der Waals surface area contributed by atoms with Gasteiger partial charge in [0.15, 0.2) is 6.61 Å². The van der Waals surface area contributed by atoms with Gasteiger partial charge in [-0.05, 0) is 49.2 Å². The summed E-state index contributed by atoms with van der Waals surface area (Å²) in [6.07, 6.45) is 0.971. The van der Waals surface area contributed by atoms with E-state index in [4.69, 9.17) is 4.74 Å². The molecule has 184 valence electrons. The number of rotatable bonds is 11. The molecule has 0 aromatic heterocycles. The summed E-state index contributed by atoms with van der Waals surface area (Å²) in [4.78, 5) is 28.1. The third kappa shape index (κ3) is 7.64. The molecule has 0 heterocycles. The average Bonchev–Trinajstić information content (AvgIpc) is 2.87. The van der Waals surface area contributed by atoms with Crippen LogP contribution in [0.2, 0.25) is 0 Å². The Hall–Kier alpha value is -3.74. The molecular weight excluding hydrogens is 450 g/mol. The summed E-state index contributed by atoms with van der Waals surface area (Å²) in [5.74, 6) is -1.39. The molecule has 0 radical (unpaired) electrons. The van der Waals surface area contributed by atoms with Crippen molar-refractivity contribution in [2.24, 2.45) is 0 Å². The van der Waals surface area contributed by atoms with Gasteiger partial charge in [-0.2, -0.15) is 0 Å². The maximum Gasteiger partial charge on any atom is 0.261 e. The molecule has 0 saturated heterocycles. The Morgan fingerprint density at radius 2 is 1.60 bits per heavy atom. The molecule has 3 aromatic rings. The van der Waals surface area contributed by atoms with Crippen molar-refractivity contribution in [2.45, 2.75) is 45.3 Å². The molecule has 3 rings (SSSR count). The molecule has 3 aromatic carbocycles. The standard InChI is InChI=1S/C28H30F2N2O3/c1-3-20(2)31-28(34)26(17-21-9-5-4-6-10-21)32(18-22-11-7-8-12-25(22)30)27(33)19-35-24-15-13-23(29)14-16-24/h4-16,20,26H,3,17-19H2,1-2H3,(H,31,34)/t20-,26-/m0/s1. The second-order valence-electron chi connectivity index (χ2n) is 8.38.